The Hall–Kier alpha value is -1.78. The lowest BCUT2D eigenvalue weighted by Gasteiger charge is -2.22. The lowest BCUT2D eigenvalue weighted by atomic mass is 10.2. The zero-order valence-corrected chi connectivity index (χ0v) is 13.2. The molecule has 1 aliphatic rings. The van der Waals surface area contributed by atoms with Crippen molar-refractivity contribution in [3.63, 3.8) is 0 Å². The van der Waals surface area contributed by atoms with Crippen molar-refractivity contribution in [3.8, 4) is 0 Å². The molecule has 0 saturated carbocycles. The minimum absolute atomic E-state index is 0.475. The third-order valence-corrected chi connectivity index (χ3v) is 3.35. The molecule has 116 valence electrons. The second-order valence-electron chi connectivity index (χ2n) is 6.43. The highest BCUT2D eigenvalue weighted by Crippen LogP contribution is 2.20. The first kappa shape index (κ1) is 15.6. The van der Waals surface area contributed by atoms with Crippen molar-refractivity contribution in [1.29, 1.82) is 0 Å². The van der Waals surface area contributed by atoms with Gasteiger partial charge in [-0.05, 0) is 45.7 Å². The molecule has 2 heterocycles. The first-order valence-corrected chi connectivity index (χ1v) is 7.65. The molecule has 2 rings (SSSR count). The minimum atomic E-state index is -0.504. The maximum absolute atomic E-state index is 11.7. The average molecular weight is 291 g/mol. The van der Waals surface area contributed by atoms with Gasteiger partial charge in [0.15, 0.2) is 0 Å². The number of carbonyl (C=O) groups excluding carboxylic acids is 1. The number of aromatic nitrogens is 1. The van der Waals surface area contributed by atoms with Crippen LogP contribution in [-0.4, -0.2) is 29.8 Å². The molecule has 0 radical (unpaired) electrons. The number of carbonyl (C=O) groups is 1. The number of nitrogens with one attached hydrogen (secondary N) is 1. The Labute approximate surface area is 126 Å². The second-order valence-corrected chi connectivity index (χ2v) is 6.43. The van der Waals surface area contributed by atoms with E-state index in [1.165, 1.54) is 25.7 Å². The second kappa shape index (κ2) is 6.78. The highest BCUT2D eigenvalue weighted by atomic mass is 16.6. The van der Waals surface area contributed by atoms with Gasteiger partial charge in [0.1, 0.15) is 11.4 Å². The van der Waals surface area contributed by atoms with E-state index in [1.54, 1.807) is 0 Å². The molecule has 0 spiro atoms. The van der Waals surface area contributed by atoms with Crippen LogP contribution in [0.1, 0.15) is 46.5 Å². The summed E-state index contributed by atoms with van der Waals surface area (Å²) in [6, 6.07) is 3.83. The molecule has 0 aromatic carbocycles. The summed E-state index contributed by atoms with van der Waals surface area (Å²) in [6.45, 7) is 7.67. The van der Waals surface area contributed by atoms with Crippen LogP contribution in [-0.2, 0) is 4.74 Å². The lowest BCUT2D eigenvalue weighted by molar-refractivity contribution is 0.0635. The summed E-state index contributed by atoms with van der Waals surface area (Å²) in [4.78, 5) is 18.3. The normalized spacial score (nSPS) is 16.2. The van der Waals surface area contributed by atoms with Crippen LogP contribution in [0.25, 0.3) is 0 Å². The highest BCUT2D eigenvalue weighted by molar-refractivity contribution is 5.83. The van der Waals surface area contributed by atoms with Gasteiger partial charge >= 0.3 is 6.09 Å². The number of nitrogens with zero attached hydrogens (tertiary/aromatic N) is 2. The topological polar surface area (TPSA) is 54.5 Å². The molecule has 0 bridgehead atoms. The third-order valence-electron chi connectivity index (χ3n) is 3.35. The maximum Gasteiger partial charge on any atom is 0.413 e. The Bertz CT molecular complexity index is 457. The molecule has 1 aliphatic heterocycles. The van der Waals surface area contributed by atoms with E-state index in [9.17, 15) is 4.79 Å². The number of pyridine rings is 1. The number of rotatable bonds is 2. The van der Waals surface area contributed by atoms with Gasteiger partial charge in [-0.2, -0.15) is 0 Å². The molecule has 1 aromatic heterocycles. The van der Waals surface area contributed by atoms with E-state index in [4.69, 9.17) is 4.74 Å². The fourth-order valence-corrected chi connectivity index (χ4v) is 2.38. The van der Waals surface area contributed by atoms with Crippen LogP contribution in [0.2, 0.25) is 0 Å². The van der Waals surface area contributed by atoms with E-state index >= 15 is 0 Å². The summed E-state index contributed by atoms with van der Waals surface area (Å²) in [7, 11) is 0. The van der Waals surface area contributed by atoms with Crippen molar-refractivity contribution >= 4 is 17.6 Å². The van der Waals surface area contributed by atoms with Crippen molar-refractivity contribution in [2.45, 2.75) is 52.1 Å². The fraction of sp³-hybridized carbons (Fsp3) is 0.625. The number of amides is 1. The SMILES string of the molecule is CC(C)(C)OC(=O)Nc1ccc(N2CCCCCC2)cn1. The summed E-state index contributed by atoms with van der Waals surface area (Å²) in [5.74, 6) is 0.517. The number of hydrogen-bond acceptors (Lipinski definition) is 4. The van der Waals surface area contributed by atoms with E-state index < -0.39 is 11.7 Å². The van der Waals surface area contributed by atoms with Crippen LogP contribution in [0.15, 0.2) is 18.3 Å². The Kier molecular flexibility index (Phi) is 5.04. The molecule has 1 aromatic rings. The number of ether oxygens (including phenoxy) is 1. The lowest BCUT2D eigenvalue weighted by Crippen LogP contribution is -2.27. The van der Waals surface area contributed by atoms with E-state index in [-0.39, 0.29) is 0 Å². The van der Waals surface area contributed by atoms with Gasteiger partial charge in [0.25, 0.3) is 0 Å². The van der Waals surface area contributed by atoms with Gasteiger partial charge in [-0.3, -0.25) is 5.32 Å². The van der Waals surface area contributed by atoms with Gasteiger partial charge in [-0.1, -0.05) is 12.8 Å². The summed E-state index contributed by atoms with van der Waals surface area (Å²) in [5, 5.41) is 2.65. The van der Waals surface area contributed by atoms with Gasteiger partial charge in [0.2, 0.25) is 0 Å². The molecular weight excluding hydrogens is 266 g/mol. The van der Waals surface area contributed by atoms with Crippen molar-refractivity contribution in [3.05, 3.63) is 18.3 Å². The average Bonchev–Trinajstić information content (AvgIpc) is 2.66. The minimum Gasteiger partial charge on any atom is -0.444 e. The summed E-state index contributed by atoms with van der Waals surface area (Å²) >= 11 is 0. The molecule has 1 amide bonds. The molecule has 0 aliphatic carbocycles. The van der Waals surface area contributed by atoms with Crippen molar-refractivity contribution in [1.82, 2.24) is 4.98 Å². The summed E-state index contributed by atoms with van der Waals surface area (Å²) in [6.07, 6.45) is 6.43. The third kappa shape index (κ3) is 5.25. The van der Waals surface area contributed by atoms with E-state index in [2.05, 4.69) is 15.2 Å². The molecule has 0 unspecified atom stereocenters. The van der Waals surface area contributed by atoms with Gasteiger partial charge in [-0.15, -0.1) is 0 Å². The molecule has 1 N–H and O–H groups in total. The van der Waals surface area contributed by atoms with Gasteiger partial charge in [-0.25, -0.2) is 9.78 Å². The Morgan fingerprint density at radius 2 is 1.86 bits per heavy atom. The van der Waals surface area contributed by atoms with Crippen molar-refractivity contribution in [2.24, 2.45) is 0 Å². The first-order chi connectivity index (χ1) is 9.94. The molecule has 5 nitrogen and oxygen atoms in total. The van der Waals surface area contributed by atoms with Crippen molar-refractivity contribution < 1.29 is 9.53 Å². The van der Waals surface area contributed by atoms with Gasteiger partial charge in [0, 0.05) is 13.1 Å². The number of anilines is 2. The van der Waals surface area contributed by atoms with Crippen LogP contribution in [0.4, 0.5) is 16.3 Å². The van der Waals surface area contributed by atoms with E-state index in [0.29, 0.717) is 5.82 Å². The van der Waals surface area contributed by atoms with Crippen LogP contribution in [0.3, 0.4) is 0 Å². The zero-order valence-electron chi connectivity index (χ0n) is 13.2. The number of hydrogen-bond donors (Lipinski definition) is 1. The van der Waals surface area contributed by atoms with E-state index in [1.807, 2.05) is 39.1 Å². The Morgan fingerprint density at radius 3 is 2.38 bits per heavy atom. The summed E-state index contributed by atoms with van der Waals surface area (Å²) in [5.41, 5.74) is 0.613. The quantitative estimate of drug-likeness (QED) is 0.900. The molecule has 0 atom stereocenters. The standard InChI is InChI=1S/C16H25N3O2/c1-16(2,3)21-15(20)18-14-9-8-13(12-17-14)19-10-6-4-5-7-11-19/h8-9,12H,4-7,10-11H2,1-3H3,(H,17,18,20). The predicted octanol–water partition coefficient (Wildman–Crippen LogP) is 3.81. The van der Waals surface area contributed by atoms with Crippen LogP contribution >= 0.6 is 0 Å². The largest absolute Gasteiger partial charge is 0.444 e. The Balaban J connectivity index is 1.93. The maximum atomic E-state index is 11.7. The fourth-order valence-electron chi connectivity index (χ4n) is 2.38. The van der Waals surface area contributed by atoms with Crippen LogP contribution in [0, 0.1) is 0 Å². The van der Waals surface area contributed by atoms with E-state index in [0.717, 1.165) is 18.8 Å². The molecule has 5 heteroatoms. The van der Waals surface area contributed by atoms with Crippen molar-refractivity contribution in [2.75, 3.05) is 23.3 Å². The smallest absolute Gasteiger partial charge is 0.413 e. The van der Waals surface area contributed by atoms with Crippen LogP contribution in [0.5, 0.6) is 0 Å². The summed E-state index contributed by atoms with van der Waals surface area (Å²) < 4.78 is 5.20. The monoisotopic (exact) mass is 291 g/mol. The molecule has 1 fully saturated rings. The molecule has 1 saturated heterocycles. The zero-order chi connectivity index (χ0) is 15.3. The highest BCUT2D eigenvalue weighted by Gasteiger charge is 2.16. The van der Waals surface area contributed by atoms with Crippen LogP contribution < -0.4 is 10.2 Å². The first-order valence-electron chi connectivity index (χ1n) is 7.65. The predicted molar refractivity (Wildman–Crippen MR) is 84.8 cm³/mol. The van der Waals surface area contributed by atoms with Gasteiger partial charge < -0.3 is 9.64 Å². The van der Waals surface area contributed by atoms with Gasteiger partial charge in [0.05, 0.1) is 11.9 Å². The Morgan fingerprint density at radius 1 is 1.19 bits per heavy atom. The molecular formula is C16H25N3O2. The molecule has 21 heavy (non-hydrogen) atoms.